The molecule has 2 rings (SSSR count). The summed E-state index contributed by atoms with van der Waals surface area (Å²) in [6.07, 6.45) is 3.68. The Balaban J connectivity index is 1.85. The molecule has 1 heterocycles. The Hall–Kier alpha value is -1.35. The minimum Gasteiger partial charge on any atom is -0.342 e. The normalized spacial score (nSPS) is 20.8. The van der Waals surface area contributed by atoms with Crippen LogP contribution in [0.5, 0.6) is 0 Å². The molecule has 0 spiro atoms. The first-order chi connectivity index (χ1) is 9.56. The number of amides is 1. The molecule has 20 heavy (non-hydrogen) atoms. The third-order valence-corrected chi connectivity index (χ3v) is 4.26. The monoisotopic (exact) mass is 274 g/mol. The maximum Gasteiger partial charge on any atom is 0.222 e. The number of nitrogens with zero attached hydrogens (tertiary/aromatic N) is 1. The molecule has 1 fully saturated rings. The number of aryl methyl sites for hydroxylation is 2. The van der Waals surface area contributed by atoms with E-state index in [0.717, 1.165) is 32.4 Å². The van der Waals surface area contributed by atoms with Gasteiger partial charge in [-0.1, -0.05) is 29.8 Å². The number of hydrogen-bond acceptors (Lipinski definition) is 2. The molecule has 1 aromatic rings. The lowest BCUT2D eigenvalue weighted by Crippen LogP contribution is -2.45. The van der Waals surface area contributed by atoms with Crippen molar-refractivity contribution in [2.24, 2.45) is 11.7 Å². The summed E-state index contributed by atoms with van der Waals surface area (Å²) in [5.74, 6) is 0.739. The number of benzene rings is 1. The predicted octanol–water partition coefficient (Wildman–Crippen LogP) is 2.51. The average Bonchev–Trinajstić information content (AvgIpc) is 2.45. The van der Waals surface area contributed by atoms with E-state index in [1.54, 1.807) is 0 Å². The first-order valence-corrected chi connectivity index (χ1v) is 7.65. The zero-order chi connectivity index (χ0) is 14.5. The van der Waals surface area contributed by atoms with Crippen LogP contribution in [-0.4, -0.2) is 29.9 Å². The largest absolute Gasteiger partial charge is 0.342 e. The van der Waals surface area contributed by atoms with E-state index in [4.69, 9.17) is 5.73 Å². The van der Waals surface area contributed by atoms with Crippen LogP contribution in [0.1, 0.15) is 37.3 Å². The smallest absolute Gasteiger partial charge is 0.222 e. The van der Waals surface area contributed by atoms with Gasteiger partial charge in [0.15, 0.2) is 0 Å². The van der Waals surface area contributed by atoms with Crippen molar-refractivity contribution in [2.45, 2.75) is 45.6 Å². The average molecular weight is 274 g/mol. The Labute approximate surface area is 122 Å². The molecular weight excluding hydrogens is 248 g/mol. The standard InChI is InChI=1S/C17H26N2O/c1-13-5-3-6-15(11-13)8-9-17(20)19-10-4-7-16(12-19)14(2)18/h3,5-6,11,14,16H,4,7-10,12,18H2,1-2H3. The summed E-state index contributed by atoms with van der Waals surface area (Å²) in [6, 6.07) is 8.59. The maximum atomic E-state index is 12.3. The summed E-state index contributed by atoms with van der Waals surface area (Å²) >= 11 is 0. The lowest BCUT2D eigenvalue weighted by molar-refractivity contribution is -0.133. The van der Waals surface area contributed by atoms with Crippen LogP contribution in [0.15, 0.2) is 24.3 Å². The molecule has 110 valence electrons. The SMILES string of the molecule is Cc1cccc(CCC(=O)N2CCCC(C(C)N)C2)c1. The van der Waals surface area contributed by atoms with Gasteiger partial charge in [0.1, 0.15) is 0 Å². The molecule has 1 aliphatic heterocycles. The highest BCUT2D eigenvalue weighted by Crippen LogP contribution is 2.19. The summed E-state index contributed by atoms with van der Waals surface area (Å²) in [5.41, 5.74) is 8.48. The molecule has 1 aliphatic rings. The van der Waals surface area contributed by atoms with Crippen molar-refractivity contribution in [1.82, 2.24) is 4.90 Å². The van der Waals surface area contributed by atoms with Crippen molar-refractivity contribution in [3.63, 3.8) is 0 Å². The van der Waals surface area contributed by atoms with Crippen LogP contribution in [0, 0.1) is 12.8 Å². The second-order valence-corrected chi connectivity index (χ2v) is 6.09. The van der Waals surface area contributed by atoms with Crippen molar-refractivity contribution in [2.75, 3.05) is 13.1 Å². The van der Waals surface area contributed by atoms with Crippen LogP contribution in [0.25, 0.3) is 0 Å². The molecule has 2 N–H and O–H groups in total. The topological polar surface area (TPSA) is 46.3 Å². The number of likely N-dealkylation sites (tertiary alicyclic amines) is 1. The van der Waals surface area contributed by atoms with Gasteiger partial charge < -0.3 is 10.6 Å². The minimum atomic E-state index is 0.183. The van der Waals surface area contributed by atoms with Gasteiger partial charge in [-0.3, -0.25) is 4.79 Å². The van der Waals surface area contributed by atoms with Gasteiger partial charge in [0.05, 0.1) is 0 Å². The Bertz CT molecular complexity index is 456. The van der Waals surface area contributed by atoms with Crippen molar-refractivity contribution < 1.29 is 4.79 Å². The van der Waals surface area contributed by atoms with E-state index in [9.17, 15) is 4.79 Å². The van der Waals surface area contributed by atoms with Crippen molar-refractivity contribution >= 4 is 5.91 Å². The van der Waals surface area contributed by atoms with Crippen LogP contribution in [0.4, 0.5) is 0 Å². The highest BCUT2D eigenvalue weighted by molar-refractivity contribution is 5.76. The van der Waals surface area contributed by atoms with E-state index in [1.165, 1.54) is 11.1 Å². The third kappa shape index (κ3) is 4.07. The molecule has 0 radical (unpaired) electrons. The molecule has 3 heteroatoms. The molecule has 0 aromatic heterocycles. The molecule has 1 saturated heterocycles. The molecule has 1 aromatic carbocycles. The van der Waals surface area contributed by atoms with E-state index in [0.29, 0.717) is 12.3 Å². The van der Waals surface area contributed by atoms with Crippen molar-refractivity contribution in [3.8, 4) is 0 Å². The lowest BCUT2D eigenvalue weighted by atomic mass is 9.92. The van der Waals surface area contributed by atoms with Crippen LogP contribution in [0.3, 0.4) is 0 Å². The van der Waals surface area contributed by atoms with Crippen molar-refractivity contribution in [3.05, 3.63) is 35.4 Å². The summed E-state index contributed by atoms with van der Waals surface area (Å²) < 4.78 is 0. The first kappa shape index (κ1) is 15.0. The zero-order valence-electron chi connectivity index (χ0n) is 12.6. The lowest BCUT2D eigenvalue weighted by Gasteiger charge is -2.34. The second-order valence-electron chi connectivity index (χ2n) is 6.09. The van der Waals surface area contributed by atoms with Gasteiger partial charge in [0, 0.05) is 25.6 Å². The van der Waals surface area contributed by atoms with Gasteiger partial charge in [-0.2, -0.15) is 0 Å². The summed E-state index contributed by atoms with van der Waals surface area (Å²) in [5, 5.41) is 0. The number of carbonyl (C=O) groups is 1. The number of rotatable bonds is 4. The van der Waals surface area contributed by atoms with Crippen LogP contribution >= 0.6 is 0 Å². The molecule has 2 unspecified atom stereocenters. The van der Waals surface area contributed by atoms with Crippen LogP contribution in [0.2, 0.25) is 0 Å². The Morgan fingerprint density at radius 3 is 3.00 bits per heavy atom. The van der Waals surface area contributed by atoms with E-state index >= 15 is 0 Å². The summed E-state index contributed by atoms with van der Waals surface area (Å²) in [7, 11) is 0. The first-order valence-electron chi connectivity index (χ1n) is 7.65. The van der Waals surface area contributed by atoms with Crippen molar-refractivity contribution in [1.29, 1.82) is 0 Å². The molecule has 0 saturated carbocycles. The van der Waals surface area contributed by atoms with Gasteiger partial charge in [0.2, 0.25) is 5.91 Å². The molecule has 0 bridgehead atoms. The molecule has 2 atom stereocenters. The summed E-state index contributed by atoms with van der Waals surface area (Å²) in [4.78, 5) is 14.3. The van der Waals surface area contributed by atoms with Gasteiger partial charge in [-0.15, -0.1) is 0 Å². The summed E-state index contributed by atoms with van der Waals surface area (Å²) in [6.45, 7) is 5.87. The van der Waals surface area contributed by atoms with E-state index < -0.39 is 0 Å². The fourth-order valence-corrected chi connectivity index (χ4v) is 2.94. The van der Waals surface area contributed by atoms with Gasteiger partial charge in [-0.25, -0.2) is 0 Å². The highest BCUT2D eigenvalue weighted by atomic mass is 16.2. The number of piperidine rings is 1. The Morgan fingerprint density at radius 1 is 1.50 bits per heavy atom. The fraction of sp³-hybridized carbons (Fsp3) is 0.588. The maximum absolute atomic E-state index is 12.3. The van der Waals surface area contributed by atoms with Gasteiger partial charge in [0.25, 0.3) is 0 Å². The molecule has 0 aliphatic carbocycles. The van der Waals surface area contributed by atoms with E-state index in [-0.39, 0.29) is 11.9 Å². The van der Waals surface area contributed by atoms with Gasteiger partial charge >= 0.3 is 0 Å². The zero-order valence-corrected chi connectivity index (χ0v) is 12.6. The number of carbonyl (C=O) groups excluding carboxylic acids is 1. The molecule has 3 nitrogen and oxygen atoms in total. The highest BCUT2D eigenvalue weighted by Gasteiger charge is 2.25. The second kappa shape index (κ2) is 6.89. The Kier molecular flexibility index (Phi) is 5.18. The molecular formula is C17H26N2O. The Morgan fingerprint density at radius 2 is 2.30 bits per heavy atom. The number of nitrogens with two attached hydrogens (primary N) is 1. The van der Waals surface area contributed by atoms with E-state index in [2.05, 4.69) is 31.2 Å². The predicted molar refractivity (Wildman–Crippen MR) is 82.5 cm³/mol. The fourth-order valence-electron chi connectivity index (χ4n) is 2.94. The molecule has 1 amide bonds. The van der Waals surface area contributed by atoms with Gasteiger partial charge in [-0.05, 0) is 44.6 Å². The minimum absolute atomic E-state index is 0.183. The number of hydrogen-bond donors (Lipinski definition) is 1. The quantitative estimate of drug-likeness (QED) is 0.917. The van der Waals surface area contributed by atoms with Crippen LogP contribution < -0.4 is 5.73 Å². The van der Waals surface area contributed by atoms with E-state index in [1.807, 2.05) is 11.8 Å². The van der Waals surface area contributed by atoms with Crippen LogP contribution in [-0.2, 0) is 11.2 Å². The third-order valence-electron chi connectivity index (χ3n) is 4.26.